The number of fused-ring (bicyclic) bond motifs is 2. The molecule has 37 heavy (non-hydrogen) atoms. The first kappa shape index (κ1) is 22.6. The number of aryl methyl sites for hydroxylation is 1. The van der Waals surface area contributed by atoms with Crippen LogP contribution in [0, 0.1) is 6.92 Å². The van der Waals surface area contributed by atoms with Crippen molar-refractivity contribution in [3.05, 3.63) is 95.8 Å². The first-order valence-corrected chi connectivity index (χ1v) is 11.9. The summed E-state index contributed by atoms with van der Waals surface area (Å²) in [7, 11) is 1.63. The molecule has 1 aliphatic rings. The summed E-state index contributed by atoms with van der Waals surface area (Å²) in [5, 5.41) is 7.79. The van der Waals surface area contributed by atoms with Crippen LogP contribution in [0.1, 0.15) is 21.7 Å². The van der Waals surface area contributed by atoms with Crippen molar-refractivity contribution in [2.75, 3.05) is 13.9 Å². The summed E-state index contributed by atoms with van der Waals surface area (Å²) < 4.78 is 17.9. The number of hydrogen-bond donors (Lipinski definition) is 1. The molecular weight excluding hydrogens is 468 g/mol. The van der Waals surface area contributed by atoms with Crippen LogP contribution in [0.3, 0.4) is 0 Å². The predicted molar refractivity (Wildman–Crippen MR) is 139 cm³/mol. The Morgan fingerprint density at radius 3 is 2.54 bits per heavy atom. The van der Waals surface area contributed by atoms with Crippen molar-refractivity contribution in [3.8, 4) is 39.6 Å². The third kappa shape index (κ3) is 4.23. The van der Waals surface area contributed by atoms with Crippen LogP contribution in [0.25, 0.3) is 28.0 Å². The molecule has 0 saturated heterocycles. The molecule has 0 fully saturated rings. The van der Waals surface area contributed by atoms with Gasteiger partial charge >= 0.3 is 0 Å². The minimum absolute atomic E-state index is 0.206. The lowest BCUT2D eigenvalue weighted by atomic mass is 10.1. The molecule has 1 amide bonds. The number of ether oxygens (including phenoxy) is 3. The van der Waals surface area contributed by atoms with Crippen LogP contribution >= 0.6 is 0 Å². The largest absolute Gasteiger partial charge is 0.497 e. The van der Waals surface area contributed by atoms with Crippen molar-refractivity contribution in [2.24, 2.45) is 0 Å². The van der Waals surface area contributed by atoms with Gasteiger partial charge in [0.15, 0.2) is 17.1 Å². The van der Waals surface area contributed by atoms with Crippen LogP contribution in [-0.4, -0.2) is 34.4 Å². The average Bonchev–Trinajstić information content (AvgIpc) is 3.54. The Morgan fingerprint density at radius 2 is 1.76 bits per heavy atom. The molecule has 8 nitrogen and oxygen atoms in total. The zero-order valence-electron chi connectivity index (χ0n) is 20.4. The van der Waals surface area contributed by atoms with Crippen molar-refractivity contribution in [2.45, 2.75) is 13.5 Å². The van der Waals surface area contributed by atoms with Gasteiger partial charge in [0, 0.05) is 17.7 Å². The number of nitrogens with one attached hydrogen (secondary N) is 1. The van der Waals surface area contributed by atoms with Gasteiger partial charge < -0.3 is 19.5 Å². The molecule has 0 aliphatic carbocycles. The Hall–Kier alpha value is -4.85. The summed E-state index contributed by atoms with van der Waals surface area (Å²) in [5.74, 6) is 1.84. The fourth-order valence-electron chi connectivity index (χ4n) is 4.47. The second-order valence-electron chi connectivity index (χ2n) is 8.69. The average molecular weight is 493 g/mol. The Bertz CT molecular complexity index is 1610. The maximum absolute atomic E-state index is 13.4. The molecule has 0 unspecified atom stereocenters. The number of hydrogen-bond acceptors (Lipinski definition) is 6. The zero-order valence-corrected chi connectivity index (χ0v) is 20.4. The van der Waals surface area contributed by atoms with Gasteiger partial charge in [0.2, 0.25) is 6.79 Å². The fourth-order valence-corrected chi connectivity index (χ4v) is 4.47. The van der Waals surface area contributed by atoms with Gasteiger partial charge in [-0.15, -0.1) is 0 Å². The molecular formula is C29H24N4O4. The van der Waals surface area contributed by atoms with E-state index in [9.17, 15) is 4.79 Å². The van der Waals surface area contributed by atoms with E-state index >= 15 is 0 Å². The molecule has 0 radical (unpaired) electrons. The maximum atomic E-state index is 13.4. The van der Waals surface area contributed by atoms with E-state index in [1.54, 1.807) is 17.7 Å². The van der Waals surface area contributed by atoms with Gasteiger partial charge in [-0.3, -0.25) is 4.79 Å². The standard InChI is InChI=1S/C29H24N4O4/c1-18-27(21-6-4-3-5-7-21)28-31-23(15-24(33(28)32-18)20-9-11-22(35-2)12-10-20)29(34)30-16-19-8-13-25-26(14-19)37-17-36-25/h3-15H,16-17H2,1-2H3,(H,30,34). The molecule has 0 atom stereocenters. The molecule has 0 spiro atoms. The first-order chi connectivity index (χ1) is 18.1. The number of carbonyl (C=O) groups is 1. The van der Waals surface area contributed by atoms with Gasteiger partial charge in [-0.05, 0) is 60.5 Å². The van der Waals surface area contributed by atoms with E-state index in [0.717, 1.165) is 39.4 Å². The summed E-state index contributed by atoms with van der Waals surface area (Å²) in [6, 6.07) is 25.0. The van der Waals surface area contributed by atoms with Crippen molar-refractivity contribution >= 4 is 11.6 Å². The lowest BCUT2D eigenvalue weighted by molar-refractivity contribution is 0.0946. The van der Waals surface area contributed by atoms with E-state index in [0.29, 0.717) is 29.4 Å². The lowest BCUT2D eigenvalue weighted by Gasteiger charge is -2.11. The normalized spacial score (nSPS) is 12.1. The third-order valence-corrected chi connectivity index (χ3v) is 6.33. The van der Waals surface area contributed by atoms with Crippen LogP contribution in [0.2, 0.25) is 0 Å². The SMILES string of the molecule is COc1ccc(-c2cc(C(=O)NCc3ccc4c(c3)OCO4)nc3c(-c4ccccc4)c(C)nn23)cc1. The highest BCUT2D eigenvalue weighted by molar-refractivity contribution is 5.95. The van der Waals surface area contributed by atoms with Crippen LogP contribution in [0.15, 0.2) is 78.9 Å². The molecule has 0 bridgehead atoms. The van der Waals surface area contributed by atoms with Gasteiger partial charge in [0.25, 0.3) is 5.91 Å². The number of aromatic nitrogens is 3. The second-order valence-corrected chi connectivity index (χ2v) is 8.69. The maximum Gasteiger partial charge on any atom is 0.270 e. The Morgan fingerprint density at radius 1 is 0.973 bits per heavy atom. The molecule has 8 heteroatoms. The number of benzene rings is 3. The molecule has 1 aliphatic heterocycles. The molecule has 184 valence electrons. The number of nitrogens with zero attached hydrogens (tertiary/aromatic N) is 3. The lowest BCUT2D eigenvalue weighted by Crippen LogP contribution is -2.24. The van der Waals surface area contributed by atoms with E-state index in [1.807, 2.05) is 79.7 Å². The van der Waals surface area contributed by atoms with E-state index < -0.39 is 0 Å². The molecule has 0 saturated carbocycles. The summed E-state index contributed by atoms with van der Waals surface area (Å²) in [4.78, 5) is 18.1. The van der Waals surface area contributed by atoms with Gasteiger partial charge in [0.1, 0.15) is 11.4 Å². The first-order valence-electron chi connectivity index (χ1n) is 11.9. The molecule has 2 aromatic heterocycles. The molecule has 6 rings (SSSR count). The number of methoxy groups -OCH3 is 1. The van der Waals surface area contributed by atoms with Crippen molar-refractivity contribution < 1.29 is 19.0 Å². The third-order valence-electron chi connectivity index (χ3n) is 6.33. The summed E-state index contributed by atoms with van der Waals surface area (Å²) in [6.07, 6.45) is 0. The minimum Gasteiger partial charge on any atom is -0.497 e. The summed E-state index contributed by atoms with van der Waals surface area (Å²) >= 11 is 0. The molecule has 3 aromatic carbocycles. The highest BCUT2D eigenvalue weighted by Gasteiger charge is 2.20. The number of amides is 1. The molecule has 1 N–H and O–H groups in total. The van der Waals surface area contributed by atoms with Gasteiger partial charge in [-0.25, -0.2) is 9.50 Å². The van der Waals surface area contributed by atoms with Crippen molar-refractivity contribution in [1.29, 1.82) is 0 Å². The predicted octanol–water partition coefficient (Wildman–Crippen LogP) is 5.04. The Kier molecular flexibility index (Phi) is 5.69. The molecule has 3 heterocycles. The Balaban J connectivity index is 1.41. The van der Waals surface area contributed by atoms with Gasteiger partial charge in [-0.1, -0.05) is 36.4 Å². The Labute approximate surface area is 213 Å². The summed E-state index contributed by atoms with van der Waals surface area (Å²) in [6.45, 7) is 2.48. The minimum atomic E-state index is -0.284. The highest BCUT2D eigenvalue weighted by Crippen LogP contribution is 2.33. The van der Waals surface area contributed by atoms with E-state index in [1.165, 1.54) is 0 Å². The van der Waals surface area contributed by atoms with Crippen LogP contribution in [-0.2, 0) is 6.54 Å². The monoisotopic (exact) mass is 492 g/mol. The quantitative estimate of drug-likeness (QED) is 0.357. The highest BCUT2D eigenvalue weighted by atomic mass is 16.7. The summed E-state index contributed by atoms with van der Waals surface area (Å²) in [5.41, 5.74) is 6.17. The fraction of sp³-hybridized carbons (Fsp3) is 0.138. The van der Waals surface area contributed by atoms with Gasteiger partial charge in [-0.2, -0.15) is 5.10 Å². The topological polar surface area (TPSA) is 87.0 Å². The van der Waals surface area contributed by atoms with Crippen molar-refractivity contribution in [1.82, 2.24) is 19.9 Å². The van der Waals surface area contributed by atoms with Crippen LogP contribution in [0.4, 0.5) is 0 Å². The van der Waals surface area contributed by atoms with Crippen molar-refractivity contribution in [3.63, 3.8) is 0 Å². The number of carbonyl (C=O) groups excluding carboxylic acids is 1. The van der Waals surface area contributed by atoms with Crippen LogP contribution < -0.4 is 19.5 Å². The smallest absolute Gasteiger partial charge is 0.270 e. The van der Waals surface area contributed by atoms with Gasteiger partial charge in [0.05, 0.1) is 18.5 Å². The van der Waals surface area contributed by atoms with E-state index in [4.69, 9.17) is 24.3 Å². The molecule has 5 aromatic rings. The van der Waals surface area contributed by atoms with Crippen LogP contribution in [0.5, 0.6) is 17.2 Å². The zero-order chi connectivity index (χ0) is 25.4. The van der Waals surface area contributed by atoms with E-state index in [-0.39, 0.29) is 12.7 Å². The second kappa shape index (κ2) is 9.31. The number of rotatable bonds is 6. The van der Waals surface area contributed by atoms with E-state index in [2.05, 4.69) is 5.32 Å².